The number of rotatable bonds is 3. The van der Waals surface area contributed by atoms with E-state index in [1.165, 1.54) is 0 Å². The van der Waals surface area contributed by atoms with Crippen molar-refractivity contribution in [3.8, 4) is 11.6 Å². The minimum Gasteiger partial charge on any atom is -0.439 e. The van der Waals surface area contributed by atoms with Gasteiger partial charge < -0.3 is 10.5 Å². The van der Waals surface area contributed by atoms with Crippen LogP contribution in [0.3, 0.4) is 0 Å². The second-order valence-corrected chi connectivity index (χ2v) is 4.64. The van der Waals surface area contributed by atoms with E-state index < -0.39 is 0 Å². The molecule has 0 fully saturated rings. The molecule has 2 rings (SSSR count). The summed E-state index contributed by atoms with van der Waals surface area (Å²) in [7, 11) is 0. The van der Waals surface area contributed by atoms with Crippen molar-refractivity contribution in [1.82, 2.24) is 4.98 Å². The van der Waals surface area contributed by atoms with Crippen LogP contribution in [0.25, 0.3) is 0 Å². The van der Waals surface area contributed by atoms with E-state index in [2.05, 4.69) is 20.9 Å². The van der Waals surface area contributed by atoms with Crippen molar-refractivity contribution in [2.24, 2.45) is 5.73 Å². The smallest absolute Gasteiger partial charge is 0.219 e. The van der Waals surface area contributed by atoms with E-state index in [9.17, 15) is 0 Å². The zero-order valence-electron chi connectivity index (χ0n) is 9.48. The highest BCUT2D eigenvalue weighted by atomic mass is 79.9. The SMILES string of the molecule is Cc1cc(Br)ccc1Oc1ccc(CN)cn1. The number of benzene rings is 1. The third-order valence-electron chi connectivity index (χ3n) is 2.38. The van der Waals surface area contributed by atoms with Gasteiger partial charge in [0, 0.05) is 23.3 Å². The Morgan fingerprint density at radius 3 is 2.71 bits per heavy atom. The van der Waals surface area contributed by atoms with Gasteiger partial charge in [0.1, 0.15) is 5.75 Å². The summed E-state index contributed by atoms with van der Waals surface area (Å²) in [6.45, 7) is 2.49. The average molecular weight is 293 g/mol. The lowest BCUT2D eigenvalue weighted by Gasteiger charge is -2.08. The van der Waals surface area contributed by atoms with Crippen LogP contribution in [-0.2, 0) is 6.54 Å². The minimum absolute atomic E-state index is 0.491. The van der Waals surface area contributed by atoms with E-state index in [-0.39, 0.29) is 0 Å². The first-order valence-corrected chi connectivity index (χ1v) is 6.07. The number of ether oxygens (including phenoxy) is 1. The Kier molecular flexibility index (Phi) is 3.76. The lowest BCUT2D eigenvalue weighted by Crippen LogP contribution is -1.97. The number of aryl methyl sites for hydroxylation is 1. The molecular weight excluding hydrogens is 280 g/mol. The summed E-state index contributed by atoms with van der Waals surface area (Å²) in [6.07, 6.45) is 1.73. The molecule has 0 amide bonds. The molecule has 2 aromatic rings. The summed E-state index contributed by atoms with van der Waals surface area (Å²) >= 11 is 3.42. The summed E-state index contributed by atoms with van der Waals surface area (Å²) in [6, 6.07) is 9.60. The van der Waals surface area contributed by atoms with Crippen LogP contribution in [0.5, 0.6) is 11.6 Å². The molecule has 3 nitrogen and oxygen atoms in total. The van der Waals surface area contributed by atoms with Gasteiger partial charge in [0.05, 0.1) is 0 Å². The summed E-state index contributed by atoms with van der Waals surface area (Å²) in [5.74, 6) is 1.38. The van der Waals surface area contributed by atoms with Gasteiger partial charge in [0.15, 0.2) is 0 Å². The number of halogens is 1. The second-order valence-electron chi connectivity index (χ2n) is 3.72. The van der Waals surface area contributed by atoms with Crippen molar-refractivity contribution in [2.75, 3.05) is 0 Å². The normalized spacial score (nSPS) is 10.3. The van der Waals surface area contributed by atoms with Gasteiger partial charge in [-0.1, -0.05) is 22.0 Å². The van der Waals surface area contributed by atoms with Crippen molar-refractivity contribution in [2.45, 2.75) is 13.5 Å². The van der Waals surface area contributed by atoms with Gasteiger partial charge in [0.2, 0.25) is 5.88 Å². The zero-order chi connectivity index (χ0) is 12.3. The van der Waals surface area contributed by atoms with Gasteiger partial charge in [-0.25, -0.2) is 4.98 Å². The van der Waals surface area contributed by atoms with Crippen LogP contribution in [0.15, 0.2) is 41.0 Å². The number of hydrogen-bond donors (Lipinski definition) is 1. The molecule has 1 aromatic carbocycles. The molecule has 0 saturated heterocycles. The van der Waals surface area contributed by atoms with Crippen molar-refractivity contribution in [3.05, 3.63) is 52.1 Å². The van der Waals surface area contributed by atoms with Crippen LogP contribution in [-0.4, -0.2) is 4.98 Å². The largest absolute Gasteiger partial charge is 0.439 e. The molecule has 17 heavy (non-hydrogen) atoms. The summed E-state index contributed by atoms with van der Waals surface area (Å²) < 4.78 is 6.73. The standard InChI is InChI=1S/C13H13BrN2O/c1-9-6-11(14)3-4-12(9)17-13-5-2-10(7-15)8-16-13/h2-6,8H,7,15H2,1H3. The molecule has 0 unspecified atom stereocenters. The highest BCUT2D eigenvalue weighted by Gasteiger charge is 2.02. The summed E-state index contributed by atoms with van der Waals surface area (Å²) in [5.41, 5.74) is 7.56. The zero-order valence-corrected chi connectivity index (χ0v) is 11.1. The molecule has 1 heterocycles. The Morgan fingerprint density at radius 2 is 2.12 bits per heavy atom. The van der Waals surface area contributed by atoms with Gasteiger partial charge in [-0.2, -0.15) is 0 Å². The van der Waals surface area contributed by atoms with Crippen molar-refractivity contribution >= 4 is 15.9 Å². The van der Waals surface area contributed by atoms with E-state index in [0.29, 0.717) is 12.4 Å². The molecule has 2 N–H and O–H groups in total. The summed E-state index contributed by atoms with van der Waals surface area (Å²) in [4.78, 5) is 4.19. The second kappa shape index (κ2) is 5.29. The van der Waals surface area contributed by atoms with Crippen molar-refractivity contribution in [3.63, 3.8) is 0 Å². The van der Waals surface area contributed by atoms with E-state index in [1.54, 1.807) is 6.20 Å². The van der Waals surface area contributed by atoms with Crippen LogP contribution >= 0.6 is 15.9 Å². The molecule has 0 bridgehead atoms. The van der Waals surface area contributed by atoms with E-state index >= 15 is 0 Å². The third kappa shape index (κ3) is 3.05. The van der Waals surface area contributed by atoms with E-state index in [4.69, 9.17) is 10.5 Å². The van der Waals surface area contributed by atoms with Crippen LogP contribution in [0.4, 0.5) is 0 Å². The fourth-order valence-corrected chi connectivity index (χ4v) is 1.91. The number of pyridine rings is 1. The Balaban J connectivity index is 2.19. The average Bonchev–Trinajstić information content (AvgIpc) is 2.34. The van der Waals surface area contributed by atoms with Crippen LogP contribution < -0.4 is 10.5 Å². The fraction of sp³-hybridized carbons (Fsp3) is 0.154. The Labute approximate surface area is 109 Å². The number of nitrogens with zero attached hydrogens (tertiary/aromatic N) is 1. The molecule has 0 aliphatic carbocycles. The van der Waals surface area contributed by atoms with E-state index in [0.717, 1.165) is 21.3 Å². The number of hydrogen-bond acceptors (Lipinski definition) is 3. The molecule has 4 heteroatoms. The predicted octanol–water partition coefficient (Wildman–Crippen LogP) is 3.40. The van der Waals surface area contributed by atoms with E-state index in [1.807, 2.05) is 37.3 Å². The monoisotopic (exact) mass is 292 g/mol. The maximum Gasteiger partial charge on any atom is 0.219 e. The summed E-state index contributed by atoms with van der Waals surface area (Å²) in [5, 5.41) is 0. The van der Waals surface area contributed by atoms with Crippen LogP contribution in [0.1, 0.15) is 11.1 Å². The third-order valence-corrected chi connectivity index (χ3v) is 2.88. The Hall–Kier alpha value is -1.39. The molecule has 0 aliphatic rings. The number of aromatic nitrogens is 1. The van der Waals surface area contributed by atoms with Gasteiger partial charge in [-0.15, -0.1) is 0 Å². The van der Waals surface area contributed by atoms with Crippen molar-refractivity contribution in [1.29, 1.82) is 0 Å². The molecule has 0 atom stereocenters. The molecule has 1 aromatic heterocycles. The lowest BCUT2D eigenvalue weighted by atomic mass is 10.2. The van der Waals surface area contributed by atoms with Crippen molar-refractivity contribution < 1.29 is 4.74 Å². The highest BCUT2D eigenvalue weighted by molar-refractivity contribution is 9.10. The van der Waals surface area contributed by atoms with Gasteiger partial charge in [0.25, 0.3) is 0 Å². The molecule has 88 valence electrons. The maximum absolute atomic E-state index is 5.69. The number of nitrogens with two attached hydrogens (primary N) is 1. The topological polar surface area (TPSA) is 48.1 Å². The quantitative estimate of drug-likeness (QED) is 0.943. The first kappa shape index (κ1) is 12.1. The molecule has 0 radical (unpaired) electrons. The van der Waals surface area contributed by atoms with Gasteiger partial charge in [-0.3, -0.25) is 0 Å². The lowest BCUT2D eigenvalue weighted by molar-refractivity contribution is 0.459. The Bertz CT molecular complexity index is 511. The first-order valence-electron chi connectivity index (χ1n) is 5.28. The molecule has 0 aliphatic heterocycles. The molecule has 0 spiro atoms. The minimum atomic E-state index is 0.491. The van der Waals surface area contributed by atoms with Crippen LogP contribution in [0.2, 0.25) is 0 Å². The van der Waals surface area contributed by atoms with Gasteiger partial charge >= 0.3 is 0 Å². The fourth-order valence-electron chi connectivity index (χ4n) is 1.43. The van der Waals surface area contributed by atoms with Gasteiger partial charge in [-0.05, 0) is 36.2 Å². The maximum atomic E-state index is 5.69. The molecular formula is C13H13BrN2O. The first-order chi connectivity index (χ1) is 8.19. The predicted molar refractivity (Wildman–Crippen MR) is 71.1 cm³/mol. The Morgan fingerprint density at radius 1 is 1.29 bits per heavy atom. The highest BCUT2D eigenvalue weighted by Crippen LogP contribution is 2.26. The van der Waals surface area contributed by atoms with Crippen LogP contribution in [0, 0.1) is 6.92 Å². The molecule has 0 saturated carbocycles.